The van der Waals surface area contributed by atoms with E-state index in [-0.39, 0.29) is 17.4 Å². The fourth-order valence-electron chi connectivity index (χ4n) is 1.56. The molecule has 4 heteroatoms. The monoisotopic (exact) mass is 256 g/mol. The second-order valence-electron chi connectivity index (χ2n) is 4.36. The number of aromatic nitrogens is 2. The third-order valence-corrected chi connectivity index (χ3v) is 2.47. The van der Waals surface area contributed by atoms with Crippen molar-refractivity contribution in [2.75, 3.05) is 0 Å². The Morgan fingerprint density at radius 1 is 1.21 bits per heavy atom. The molecule has 1 aromatic heterocycles. The number of hydrogen-bond donors (Lipinski definition) is 0. The molecule has 0 aliphatic carbocycles. The van der Waals surface area contributed by atoms with Crippen molar-refractivity contribution >= 4 is 0 Å². The second kappa shape index (κ2) is 5.49. The first kappa shape index (κ1) is 13.0. The molecule has 1 heterocycles. The van der Waals surface area contributed by atoms with Crippen molar-refractivity contribution in [3.8, 4) is 11.8 Å². The van der Waals surface area contributed by atoms with Gasteiger partial charge >= 0.3 is 0 Å². The zero-order chi connectivity index (χ0) is 13.8. The highest BCUT2D eigenvalue weighted by Gasteiger charge is 2.02. The fourth-order valence-corrected chi connectivity index (χ4v) is 1.56. The van der Waals surface area contributed by atoms with Crippen LogP contribution in [0.2, 0.25) is 0 Å². The molecule has 0 bridgehead atoms. The van der Waals surface area contributed by atoms with Gasteiger partial charge in [0.25, 0.3) is 5.56 Å². The van der Waals surface area contributed by atoms with Crippen molar-refractivity contribution in [2.45, 2.75) is 19.9 Å². The molecular formula is C15H13FN2O. The van der Waals surface area contributed by atoms with Crippen molar-refractivity contribution in [1.82, 2.24) is 9.78 Å². The molecule has 2 aromatic rings. The summed E-state index contributed by atoms with van der Waals surface area (Å²) >= 11 is 0. The molecule has 3 nitrogen and oxygen atoms in total. The largest absolute Gasteiger partial charge is 0.268 e. The Kier molecular flexibility index (Phi) is 3.76. The summed E-state index contributed by atoms with van der Waals surface area (Å²) < 4.78 is 14.4. The van der Waals surface area contributed by atoms with Crippen LogP contribution in [0.1, 0.15) is 31.1 Å². The Morgan fingerprint density at radius 2 is 2.00 bits per heavy atom. The van der Waals surface area contributed by atoms with Gasteiger partial charge in [0.15, 0.2) is 0 Å². The lowest BCUT2D eigenvalue weighted by atomic mass is 10.2. The van der Waals surface area contributed by atoms with E-state index in [1.807, 2.05) is 13.8 Å². The molecule has 96 valence electrons. The number of hydrogen-bond acceptors (Lipinski definition) is 2. The Hall–Kier alpha value is -2.41. The minimum atomic E-state index is -0.327. The third-order valence-electron chi connectivity index (χ3n) is 2.47. The highest BCUT2D eigenvalue weighted by molar-refractivity contribution is 5.39. The lowest BCUT2D eigenvalue weighted by Crippen LogP contribution is -2.24. The smallest absolute Gasteiger partial charge is 0.267 e. The maximum atomic E-state index is 13.0. The van der Waals surface area contributed by atoms with Crippen LogP contribution >= 0.6 is 0 Å². The van der Waals surface area contributed by atoms with Gasteiger partial charge in [0.2, 0.25) is 0 Å². The van der Waals surface area contributed by atoms with E-state index in [2.05, 4.69) is 16.9 Å². The Bertz CT molecular complexity index is 708. The lowest BCUT2D eigenvalue weighted by Gasteiger charge is -2.07. The van der Waals surface area contributed by atoms with E-state index in [0.717, 1.165) is 0 Å². The predicted octanol–water partition coefficient (Wildman–Crippen LogP) is 2.36. The summed E-state index contributed by atoms with van der Waals surface area (Å²) in [6, 6.07) is 9.00. The SMILES string of the molecule is CC(C)n1nc(C#Cc2cccc(F)c2)ccc1=O. The van der Waals surface area contributed by atoms with Gasteiger partial charge in [-0.15, -0.1) is 0 Å². The van der Waals surface area contributed by atoms with Crippen molar-refractivity contribution in [2.24, 2.45) is 0 Å². The molecule has 0 unspecified atom stereocenters. The number of benzene rings is 1. The van der Waals surface area contributed by atoms with Crippen molar-refractivity contribution in [3.05, 3.63) is 63.8 Å². The van der Waals surface area contributed by atoms with Gasteiger partial charge in [-0.25, -0.2) is 9.07 Å². The molecule has 19 heavy (non-hydrogen) atoms. The summed E-state index contributed by atoms with van der Waals surface area (Å²) in [5, 5.41) is 4.15. The van der Waals surface area contributed by atoms with Gasteiger partial charge in [0.05, 0.1) is 6.04 Å². The molecule has 0 atom stereocenters. The van der Waals surface area contributed by atoms with Crippen LogP contribution in [0.5, 0.6) is 0 Å². The molecular weight excluding hydrogens is 243 g/mol. The van der Waals surface area contributed by atoms with E-state index in [1.54, 1.807) is 18.2 Å². The molecule has 0 aliphatic rings. The molecule has 0 N–H and O–H groups in total. The summed E-state index contributed by atoms with van der Waals surface area (Å²) in [7, 11) is 0. The maximum absolute atomic E-state index is 13.0. The van der Waals surface area contributed by atoms with Gasteiger partial charge in [0.1, 0.15) is 11.5 Å². The van der Waals surface area contributed by atoms with E-state index >= 15 is 0 Å². The summed E-state index contributed by atoms with van der Waals surface area (Å²) in [4.78, 5) is 11.5. The van der Waals surface area contributed by atoms with Crippen LogP contribution in [0.3, 0.4) is 0 Å². The van der Waals surface area contributed by atoms with Crippen molar-refractivity contribution < 1.29 is 4.39 Å². The number of rotatable bonds is 1. The van der Waals surface area contributed by atoms with Crippen LogP contribution in [0, 0.1) is 17.7 Å². The van der Waals surface area contributed by atoms with Crippen LogP contribution in [-0.4, -0.2) is 9.78 Å². The minimum absolute atomic E-state index is 0.0246. The zero-order valence-corrected chi connectivity index (χ0v) is 10.7. The third kappa shape index (κ3) is 3.29. The quantitative estimate of drug-likeness (QED) is 0.734. The predicted molar refractivity (Wildman–Crippen MR) is 71.3 cm³/mol. The van der Waals surface area contributed by atoms with E-state index < -0.39 is 0 Å². The lowest BCUT2D eigenvalue weighted by molar-refractivity contribution is 0.500. The van der Waals surface area contributed by atoms with Crippen molar-refractivity contribution in [3.63, 3.8) is 0 Å². The first-order chi connectivity index (χ1) is 9.06. The average molecular weight is 256 g/mol. The second-order valence-corrected chi connectivity index (χ2v) is 4.36. The van der Waals surface area contributed by atoms with E-state index in [9.17, 15) is 9.18 Å². The molecule has 0 saturated carbocycles. The average Bonchev–Trinajstić information content (AvgIpc) is 2.37. The van der Waals surface area contributed by atoms with E-state index in [1.165, 1.54) is 22.9 Å². The molecule has 2 rings (SSSR count). The normalized spacial score (nSPS) is 10.1. The molecule has 0 fully saturated rings. The molecule has 0 saturated heterocycles. The van der Waals surface area contributed by atoms with Gasteiger partial charge in [-0.05, 0) is 44.0 Å². The van der Waals surface area contributed by atoms with Gasteiger partial charge < -0.3 is 0 Å². The van der Waals surface area contributed by atoms with Crippen LogP contribution in [-0.2, 0) is 0 Å². The Labute approximate surface area is 110 Å². The fraction of sp³-hybridized carbons (Fsp3) is 0.200. The molecule has 0 aliphatic heterocycles. The Balaban J connectivity index is 2.35. The molecule has 0 radical (unpaired) electrons. The van der Waals surface area contributed by atoms with Gasteiger partial charge in [-0.1, -0.05) is 12.0 Å². The Morgan fingerprint density at radius 3 is 2.68 bits per heavy atom. The molecule has 0 amide bonds. The first-order valence-corrected chi connectivity index (χ1v) is 5.94. The molecule has 1 aromatic carbocycles. The summed E-state index contributed by atoms with van der Waals surface area (Å²) in [6.07, 6.45) is 0. The number of nitrogens with zero attached hydrogens (tertiary/aromatic N) is 2. The van der Waals surface area contributed by atoms with Crippen molar-refractivity contribution in [1.29, 1.82) is 0 Å². The topological polar surface area (TPSA) is 34.9 Å². The first-order valence-electron chi connectivity index (χ1n) is 5.94. The van der Waals surface area contributed by atoms with Gasteiger partial charge in [0, 0.05) is 11.6 Å². The van der Waals surface area contributed by atoms with E-state index in [0.29, 0.717) is 11.3 Å². The van der Waals surface area contributed by atoms with Gasteiger partial charge in [-0.2, -0.15) is 5.10 Å². The van der Waals surface area contributed by atoms with Crippen LogP contribution in [0.4, 0.5) is 4.39 Å². The zero-order valence-electron chi connectivity index (χ0n) is 10.7. The summed E-state index contributed by atoms with van der Waals surface area (Å²) in [6.45, 7) is 3.75. The minimum Gasteiger partial charge on any atom is -0.268 e. The highest BCUT2D eigenvalue weighted by Crippen LogP contribution is 2.02. The van der Waals surface area contributed by atoms with Gasteiger partial charge in [-0.3, -0.25) is 4.79 Å². The highest BCUT2D eigenvalue weighted by atomic mass is 19.1. The summed E-state index contributed by atoms with van der Waals surface area (Å²) in [5.74, 6) is 5.32. The summed E-state index contributed by atoms with van der Waals surface area (Å²) in [5.41, 5.74) is 0.896. The standard InChI is InChI=1S/C15H13FN2O/c1-11(2)18-15(19)9-8-14(17-18)7-6-12-4-3-5-13(16)10-12/h3-5,8-11H,1-2H3. The van der Waals surface area contributed by atoms with Crippen LogP contribution in [0.25, 0.3) is 0 Å². The van der Waals surface area contributed by atoms with Crippen LogP contribution in [0.15, 0.2) is 41.2 Å². The van der Waals surface area contributed by atoms with Crippen LogP contribution < -0.4 is 5.56 Å². The number of halogens is 1. The van der Waals surface area contributed by atoms with E-state index in [4.69, 9.17) is 0 Å². The maximum Gasteiger partial charge on any atom is 0.267 e. The molecule has 0 spiro atoms.